The van der Waals surface area contributed by atoms with Crippen molar-refractivity contribution in [2.45, 2.75) is 13.5 Å². The number of fused-ring (bicyclic) bond motifs is 7. The summed E-state index contributed by atoms with van der Waals surface area (Å²) in [4.78, 5) is 12.5. The lowest BCUT2D eigenvalue weighted by Gasteiger charge is -2.01. The Balaban J connectivity index is 1.92. The summed E-state index contributed by atoms with van der Waals surface area (Å²) in [5.74, 6) is 0. The van der Waals surface area contributed by atoms with Gasteiger partial charge in [0.05, 0.1) is 5.56 Å². The van der Waals surface area contributed by atoms with Gasteiger partial charge in [-0.1, -0.05) is 35.6 Å². The highest BCUT2D eigenvalue weighted by Crippen LogP contribution is 2.36. The van der Waals surface area contributed by atoms with Crippen LogP contribution in [-0.4, -0.2) is 0 Å². The Morgan fingerprint density at radius 1 is 1.18 bits per heavy atom. The molecule has 1 aliphatic heterocycles. The van der Waals surface area contributed by atoms with E-state index in [1.807, 2.05) is 25.1 Å². The zero-order valence-corrected chi connectivity index (χ0v) is 12.7. The van der Waals surface area contributed by atoms with Gasteiger partial charge in [0.15, 0.2) is 12.1 Å². The van der Waals surface area contributed by atoms with Gasteiger partial charge in [-0.05, 0) is 24.6 Å². The second-order valence-electron chi connectivity index (χ2n) is 5.70. The predicted molar refractivity (Wildman–Crippen MR) is 87.3 cm³/mol. The largest absolute Gasteiger partial charge is 0.422 e. The van der Waals surface area contributed by atoms with E-state index in [0.717, 1.165) is 33.6 Å². The van der Waals surface area contributed by atoms with Crippen molar-refractivity contribution in [2.24, 2.45) is 0 Å². The Hall–Kier alpha value is -2.46. The fourth-order valence-corrected chi connectivity index (χ4v) is 4.51. The smallest absolute Gasteiger partial charge is 0.351 e. The number of benzene rings is 2. The van der Waals surface area contributed by atoms with Gasteiger partial charge in [0.1, 0.15) is 10.3 Å². The summed E-state index contributed by atoms with van der Waals surface area (Å²) < 4.78 is 9.00. The molecule has 0 unspecified atom stereocenters. The summed E-state index contributed by atoms with van der Waals surface area (Å²) in [5.41, 5.74) is 4.55. The number of nitrogens with zero attached hydrogens (tertiary/aromatic N) is 1. The molecule has 0 spiro atoms. The van der Waals surface area contributed by atoms with E-state index in [2.05, 4.69) is 28.8 Å². The molecule has 22 heavy (non-hydrogen) atoms. The van der Waals surface area contributed by atoms with Crippen LogP contribution in [0.2, 0.25) is 0 Å². The number of hydrogen-bond donors (Lipinski definition) is 0. The third-order valence-corrected chi connectivity index (χ3v) is 5.49. The predicted octanol–water partition coefficient (Wildman–Crippen LogP) is 3.63. The van der Waals surface area contributed by atoms with Gasteiger partial charge in [-0.3, -0.25) is 0 Å². The van der Waals surface area contributed by atoms with Gasteiger partial charge >= 0.3 is 5.63 Å². The zero-order chi connectivity index (χ0) is 14.8. The van der Waals surface area contributed by atoms with Crippen LogP contribution in [0.3, 0.4) is 0 Å². The minimum Gasteiger partial charge on any atom is -0.422 e. The molecule has 4 aromatic rings. The first-order valence-electron chi connectivity index (χ1n) is 7.20. The Morgan fingerprint density at radius 2 is 2.05 bits per heavy atom. The fourth-order valence-electron chi connectivity index (χ4n) is 3.29. The van der Waals surface area contributed by atoms with Crippen LogP contribution in [0, 0.1) is 6.92 Å². The highest BCUT2D eigenvalue weighted by atomic mass is 32.1. The molecule has 3 nitrogen and oxygen atoms in total. The zero-order valence-electron chi connectivity index (χ0n) is 11.9. The van der Waals surface area contributed by atoms with Crippen LogP contribution >= 0.6 is 11.3 Å². The first kappa shape index (κ1) is 12.1. The van der Waals surface area contributed by atoms with Gasteiger partial charge in [0, 0.05) is 11.5 Å². The van der Waals surface area contributed by atoms with Gasteiger partial charge in [-0.15, -0.1) is 0 Å². The molecular formula is C18H12NO2S+. The van der Waals surface area contributed by atoms with E-state index in [1.54, 1.807) is 11.3 Å². The number of hydrogen-bond acceptors (Lipinski definition) is 3. The molecule has 0 saturated carbocycles. The molecule has 2 aromatic carbocycles. The van der Waals surface area contributed by atoms with Gasteiger partial charge in [0.2, 0.25) is 5.52 Å². The van der Waals surface area contributed by atoms with Gasteiger partial charge in [0.25, 0.3) is 5.01 Å². The summed E-state index contributed by atoms with van der Waals surface area (Å²) >= 11 is 1.66. The van der Waals surface area contributed by atoms with E-state index < -0.39 is 0 Å². The molecule has 5 rings (SSSR count). The van der Waals surface area contributed by atoms with Crippen LogP contribution in [0.5, 0.6) is 0 Å². The van der Waals surface area contributed by atoms with Crippen molar-refractivity contribution in [3.63, 3.8) is 0 Å². The van der Waals surface area contributed by atoms with Crippen LogP contribution in [-0.2, 0) is 6.54 Å². The number of thiazole rings is 1. The molecule has 0 amide bonds. The molecule has 4 heteroatoms. The molecule has 0 fully saturated rings. The monoisotopic (exact) mass is 306 g/mol. The van der Waals surface area contributed by atoms with Crippen LogP contribution in [0.4, 0.5) is 0 Å². The SMILES string of the molecule is Cc1ccc2c3c(c(=O)oc2c1)-c1sc2ccccc2[n+]1C3. The number of rotatable bonds is 0. The molecular weight excluding hydrogens is 294 g/mol. The van der Waals surface area contributed by atoms with Crippen molar-refractivity contribution in [3.8, 4) is 10.6 Å². The standard InChI is InChI=1S/C18H12NO2S/c1-10-6-7-11-12-9-19-13-4-2-3-5-15(13)22-17(19)16(12)18(20)21-14(11)8-10/h2-8H,9H2,1H3/q+1. The number of aromatic nitrogens is 1. The molecule has 2 aromatic heterocycles. The van der Waals surface area contributed by atoms with Crippen LogP contribution in [0.1, 0.15) is 11.1 Å². The van der Waals surface area contributed by atoms with Gasteiger partial charge in [-0.2, -0.15) is 4.57 Å². The Labute approximate surface area is 130 Å². The van der Waals surface area contributed by atoms with Gasteiger partial charge in [-0.25, -0.2) is 4.79 Å². The van der Waals surface area contributed by atoms with Crippen LogP contribution in [0.25, 0.3) is 31.8 Å². The van der Waals surface area contributed by atoms with E-state index in [-0.39, 0.29) is 5.63 Å². The molecule has 106 valence electrons. The Morgan fingerprint density at radius 3 is 2.95 bits per heavy atom. The molecule has 0 N–H and O–H groups in total. The number of para-hydroxylation sites is 1. The third kappa shape index (κ3) is 1.45. The Kier molecular flexibility index (Phi) is 2.23. The summed E-state index contributed by atoms with van der Waals surface area (Å²) in [5, 5.41) is 2.05. The molecule has 0 bridgehead atoms. The highest BCUT2D eigenvalue weighted by Gasteiger charge is 2.36. The maximum Gasteiger partial charge on any atom is 0.351 e. The van der Waals surface area contributed by atoms with E-state index in [1.165, 1.54) is 10.2 Å². The van der Waals surface area contributed by atoms with E-state index in [0.29, 0.717) is 5.58 Å². The lowest BCUT2D eigenvalue weighted by molar-refractivity contribution is -0.641. The molecule has 0 saturated heterocycles. The normalized spacial score (nSPS) is 12.8. The van der Waals surface area contributed by atoms with Crippen molar-refractivity contribution >= 4 is 32.5 Å². The minimum absolute atomic E-state index is 0.231. The van der Waals surface area contributed by atoms with Crippen molar-refractivity contribution in [3.05, 3.63) is 64.0 Å². The topological polar surface area (TPSA) is 34.1 Å². The van der Waals surface area contributed by atoms with E-state index >= 15 is 0 Å². The van der Waals surface area contributed by atoms with Crippen molar-refractivity contribution in [1.29, 1.82) is 0 Å². The molecule has 0 radical (unpaired) electrons. The first-order chi connectivity index (χ1) is 10.7. The molecule has 0 aliphatic carbocycles. The summed E-state index contributed by atoms with van der Waals surface area (Å²) in [7, 11) is 0. The molecule has 3 heterocycles. The first-order valence-corrected chi connectivity index (χ1v) is 8.02. The van der Waals surface area contributed by atoms with E-state index in [9.17, 15) is 4.79 Å². The van der Waals surface area contributed by atoms with Gasteiger partial charge < -0.3 is 4.42 Å². The Bertz CT molecular complexity index is 1140. The lowest BCUT2D eigenvalue weighted by Crippen LogP contribution is -2.30. The number of aryl methyl sites for hydroxylation is 1. The molecule has 0 atom stereocenters. The van der Waals surface area contributed by atoms with Crippen LogP contribution < -0.4 is 10.2 Å². The minimum atomic E-state index is -0.231. The maximum absolute atomic E-state index is 12.5. The summed E-state index contributed by atoms with van der Waals surface area (Å²) in [6, 6.07) is 14.3. The highest BCUT2D eigenvalue weighted by molar-refractivity contribution is 7.21. The quantitative estimate of drug-likeness (QED) is 0.323. The second-order valence-corrected chi connectivity index (χ2v) is 6.73. The third-order valence-electron chi connectivity index (χ3n) is 4.31. The van der Waals surface area contributed by atoms with Crippen LogP contribution in [0.15, 0.2) is 51.7 Å². The fraction of sp³-hybridized carbons (Fsp3) is 0.111. The average Bonchev–Trinajstić information content (AvgIpc) is 3.03. The van der Waals surface area contributed by atoms with Crippen molar-refractivity contribution in [1.82, 2.24) is 0 Å². The average molecular weight is 306 g/mol. The summed E-state index contributed by atoms with van der Waals surface area (Å²) in [6.45, 7) is 2.74. The van der Waals surface area contributed by atoms with Crippen molar-refractivity contribution in [2.75, 3.05) is 0 Å². The van der Waals surface area contributed by atoms with E-state index in [4.69, 9.17) is 4.42 Å². The van der Waals surface area contributed by atoms with Crippen molar-refractivity contribution < 1.29 is 8.98 Å². The molecule has 1 aliphatic rings. The second kappa shape index (κ2) is 4.05. The summed E-state index contributed by atoms with van der Waals surface area (Å²) in [6.07, 6.45) is 0. The maximum atomic E-state index is 12.5. The lowest BCUT2D eigenvalue weighted by atomic mass is 10.1.